The minimum absolute atomic E-state index is 0. The van der Waals surface area contributed by atoms with Gasteiger partial charge in [0.05, 0.1) is 15.4 Å². The van der Waals surface area contributed by atoms with Gasteiger partial charge in [-0.2, -0.15) is 8.61 Å². The molecule has 0 bridgehead atoms. The van der Waals surface area contributed by atoms with Gasteiger partial charge in [0.25, 0.3) is 0 Å². The highest BCUT2D eigenvalue weighted by Gasteiger charge is 2.24. The Hall–Kier alpha value is -2.80. The van der Waals surface area contributed by atoms with Crippen LogP contribution in [0.2, 0.25) is 0 Å². The van der Waals surface area contributed by atoms with Crippen LogP contribution in [-0.4, -0.2) is 122 Å². The van der Waals surface area contributed by atoms with E-state index in [4.69, 9.17) is 31.3 Å². The fraction of sp³-hybridized carbons (Fsp3) is 0.702. The van der Waals surface area contributed by atoms with Crippen LogP contribution in [0, 0.1) is 11.8 Å². The summed E-state index contributed by atoms with van der Waals surface area (Å²) >= 11 is 0. The summed E-state index contributed by atoms with van der Waals surface area (Å²) in [6.45, 7) is 15.5. The van der Waals surface area contributed by atoms with E-state index in [1.165, 1.54) is 57.9 Å². The number of aliphatic hydroxyl groups excluding tert-OH is 4. The smallest absolute Gasteiger partial charge is 0.335 e. The molecular formula is C47H87N3O11S2. The Morgan fingerprint density at radius 2 is 0.921 bits per heavy atom. The van der Waals surface area contributed by atoms with E-state index in [1.807, 2.05) is 27.7 Å². The van der Waals surface area contributed by atoms with E-state index in [0.29, 0.717) is 63.3 Å². The maximum absolute atomic E-state index is 12.8. The number of aliphatic hydroxyl groups is 4. The molecular weight excluding hydrogens is 847 g/mol. The Balaban J connectivity index is -0.000000882. The van der Waals surface area contributed by atoms with Crippen molar-refractivity contribution in [3.63, 3.8) is 0 Å². The predicted molar refractivity (Wildman–Crippen MR) is 256 cm³/mol. The van der Waals surface area contributed by atoms with Gasteiger partial charge in [-0.25, -0.2) is 21.6 Å². The van der Waals surface area contributed by atoms with Gasteiger partial charge in [0, 0.05) is 64.6 Å². The monoisotopic (exact) mass is 934 g/mol. The van der Waals surface area contributed by atoms with Crippen LogP contribution in [0.4, 0.5) is 0 Å². The van der Waals surface area contributed by atoms with Gasteiger partial charge in [-0.15, -0.1) is 0 Å². The normalized spacial score (nSPS) is 12.1. The SMILES string of the molecule is C.CCC(CCO)CCCO.CCCCN.CCCN(CCC)S(=O)(=O)c1ccc(C(=O)CCC(CCO)CCCO)cc1.CCCN(CCC)S(=O)(=O)c1ccc(C(=O)O)cc1. The Bertz CT molecular complexity index is 1610. The molecule has 0 spiro atoms. The largest absolute Gasteiger partial charge is 0.478 e. The molecule has 16 heteroatoms. The fourth-order valence-corrected chi connectivity index (χ4v) is 9.62. The predicted octanol–water partition coefficient (Wildman–Crippen LogP) is 7.98. The number of hydrogen-bond donors (Lipinski definition) is 6. The number of carboxylic acids is 1. The molecule has 2 atom stereocenters. The molecule has 0 fully saturated rings. The second-order valence-corrected chi connectivity index (χ2v) is 19.0. The lowest BCUT2D eigenvalue weighted by Crippen LogP contribution is -2.32. The van der Waals surface area contributed by atoms with Crippen LogP contribution in [0.25, 0.3) is 0 Å². The number of nitrogens with two attached hydrogens (primary N) is 1. The molecule has 0 aliphatic heterocycles. The quantitative estimate of drug-likeness (QED) is 0.0409. The van der Waals surface area contributed by atoms with Crippen molar-refractivity contribution in [3.05, 3.63) is 59.7 Å². The van der Waals surface area contributed by atoms with E-state index in [-0.39, 0.29) is 60.9 Å². The average molecular weight is 934 g/mol. The van der Waals surface area contributed by atoms with E-state index >= 15 is 0 Å². The average Bonchev–Trinajstić information content (AvgIpc) is 3.26. The van der Waals surface area contributed by atoms with Crippen molar-refractivity contribution in [2.45, 2.75) is 155 Å². The van der Waals surface area contributed by atoms with E-state index in [9.17, 15) is 26.4 Å². The topological polar surface area (TPSA) is 236 Å². The maximum atomic E-state index is 12.8. The number of nitrogens with zero attached hydrogens (tertiary/aromatic N) is 2. The summed E-state index contributed by atoms with van der Waals surface area (Å²) in [6, 6.07) is 11.5. The van der Waals surface area contributed by atoms with Crippen molar-refractivity contribution in [2.75, 3.05) is 59.2 Å². The Labute approximate surface area is 382 Å². The number of benzene rings is 2. The van der Waals surface area contributed by atoms with Gasteiger partial charge in [-0.1, -0.05) is 73.9 Å². The molecule has 2 rings (SSSR count). The number of unbranched alkanes of at least 4 members (excludes halogenated alkanes) is 1. The number of carbonyl (C=O) groups excluding carboxylic acids is 1. The zero-order valence-corrected chi connectivity index (χ0v) is 40.4. The molecule has 7 N–H and O–H groups in total. The lowest BCUT2D eigenvalue weighted by Gasteiger charge is -2.21. The molecule has 0 saturated heterocycles. The van der Waals surface area contributed by atoms with E-state index < -0.39 is 26.0 Å². The van der Waals surface area contributed by atoms with E-state index in [0.717, 1.165) is 64.3 Å². The van der Waals surface area contributed by atoms with Gasteiger partial charge in [0.15, 0.2) is 5.78 Å². The summed E-state index contributed by atoms with van der Waals surface area (Å²) in [7, 11) is -7.07. The summed E-state index contributed by atoms with van der Waals surface area (Å²) in [4.78, 5) is 23.5. The van der Waals surface area contributed by atoms with Gasteiger partial charge >= 0.3 is 5.97 Å². The second-order valence-electron chi connectivity index (χ2n) is 15.2. The summed E-state index contributed by atoms with van der Waals surface area (Å²) < 4.78 is 53.2. The molecule has 0 aromatic heterocycles. The molecule has 2 aromatic rings. The van der Waals surface area contributed by atoms with Crippen LogP contribution in [0.1, 0.15) is 166 Å². The summed E-state index contributed by atoms with van der Waals surface area (Å²) in [5, 5.41) is 44.0. The molecule has 63 heavy (non-hydrogen) atoms. The van der Waals surface area contributed by atoms with E-state index in [2.05, 4.69) is 13.8 Å². The molecule has 0 amide bonds. The maximum Gasteiger partial charge on any atom is 0.335 e. The van der Waals surface area contributed by atoms with Crippen molar-refractivity contribution in [3.8, 4) is 0 Å². The summed E-state index contributed by atoms with van der Waals surface area (Å²) in [5.41, 5.74) is 5.72. The van der Waals surface area contributed by atoms with Crippen LogP contribution in [0.3, 0.4) is 0 Å². The lowest BCUT2D eigenvalue weighted by molar-refractivity contribution is 0.0696. The molecule has 368 valence electrons. The molecule has 0 aliphatic carbocycles. The van der Waals surface area contributed by atoms with Gasteiger partial charge in [0.1, 0.15) is 0 Å². The fourth-order valence-electron chi connectivity index (χ4n) is 6.38. The highest BCUT2D eigenvalue weighted by molar-refractivity contribution is 7.89. The highest BCUT2D eigenvalue weighted by atomic mass is 32.2. The van der Waals surface area contributed by atoms with Crippen molar-refractivity contribution < 1.29 is 52.0 Å². The first kappa shape index (κ1) is 64.5. The Morgan fingerprint density at radius 3 is 1.22 bits per heavy atom. The molecule has 14 nitrogen and oxygen atoms in total. The first-order valence-electron chi connectivity index (χ1n) is 22.7. The molecule has 0 saturated carbocycles. The van der Waals surface area contributed by atoms with Crippen molar-refractivity contribution in [1.82, 2.24) is 8.61 Å². The number of carboxylic acid groups (broad SMARTS) is 1. The second kappa shape index (κ2) is 39.6. The van der Waals surface area contributed by atoms with E-state index in [1.54, 1.807) is 12.1 Å². The Morgan fingerprint density at radius 1 is 0.540 bits per heavy atom. The minimum atomic E-state index is -3.54. The number of Topliss-reactive ketones (excluding diaryl/α,β-unsaturated/α-hetero) is 1. The number of hydrogen-bond acceptors (Lipinski definition) is 11. The molecule has 0 radical (unpaired) electrons. The van der Waals surface area contributed by atoms with Crippen LogP contribution in [-0.2, 0) is 20.0 Å². The molecule has 0 aliphatic rings. The first-order chi connectivity index (χ1) is 29.6. The van der Waals surface area contributed by atoms with Crippen molar-refractivity contribution in [1.29, 1.82) is 0 Å². The molecule has 0 heterocycles. The molecule has 2 aromatic carbocycles. The first-order valence-corrected chi connectivity index (χ1v) is 25.6. The number of rotatable bonds is 30. The van der Waals surface area contributed by atoms with Gasteiger partial charge < -0.3 is 31.3 Å². The number of ketones is 1. The van der Waals surface area contributed by atoms with Gasteiger partial charge in [-0.05, 0) is 132 Å². The van der Waals surface area contributed by atoms with Crippen LogP contribution < -0.4 is 5.73 Å². The number of carbonyl (C=O) groups is 2. The zero-order chi connectivity index (χ0) is 47.4. The van der Waals surface area contributed by atoms with Crippen LogP contribution >= 0.6 is 0 Å². The number of aromatic carboxylic acids is 1. The van der Waals surface area contributed by atoms with Gasteiger partial charge in [-0.3, -0.25) is 4.79 Å². The van der Waals surface area contributed by atoms with Crippen molar-refractivity contribution >= 4 is 31.8 Å². The van der Waals surface area contributed by atoms with Gasteiger partial charge in [0.2, 0.25) is 20.0 Å². The Kier molecular flexibility index (Phi) is 40.5. The minimum Gasteiger partial charge on any atom is -0.478 e. The highest BCUT2D eigenvalue weighted by Crippen LogP contribution is 2.22. The zero-order valence-electron chi connectivity index (χ0n) is 38.7. The van der Waals surface area contributed by atoms with Crippen LogP contribution in [0.15, 0.2) is 58.3 Å². The van der Waals surface area contributed by atoms with Crippen molar-refractivity contribution in [2.24, 2.45) is 17.6 Å². The third-order valence-electron chi connectivity index (χ3n) is 9.98. The lowest BCUT2D eigenvalue weighted by atomic mass is 9.92. The number of sulfonamides is 2. The summed E-state index contributed by atoms with van der Waals surface area (Å²) in [5.74, 6) is -0.285. The summed E-state index contributed by atoms with van der Waals surface area (Å²) in [6.07, 6.45) is 12.4. The third kappa shape index (κ3) is 27.3. The molecule has 2 unspecified atom stereocenters. The third-order valence-corrected chi connectivity index (χ3v) is 13.8. The standard InChI is InChI=1S/C21H35NO5S.C13H19NO4S.C8H18O2.C4H11N.CH4/c1-3-14-22(15-4-2)28(26,27)20-10-8-19(9-11-20)21(25)12-7-18(13-17-24)6-5-16-23;1-3-9-14(10-4-2)19(17,18)12-7-5-11(6-8-12)13(15)16;1-2-8(5-7-10)4-3-6-9;1-2-3-4-5;/h8-11,18,23-24H,3-7,12-17H2,1-2H3;5-8H,3-4,9-10H2,1-2H3,(H,15,16);8-10H,2-7H2,1H3;2-5H2,1H3;1H4. The van der Waals surface area contributed by atoms with Crippen LogP contribution in [0.5, 0.6) is 0 Å².